The Bertz CT molecular complexity index is 1100. The Kier molecular flexibility index (Phi) is 11.1. The Labute approximate surface area is 257 Å². The highest BCUT2D eigenvalue weighted by molar-refractivity contribution is 5.38. The average Bonchev–Trinajstić information content (AvgIpc) is 3.19. The smallest absolute Gasteiger partial charge is 0.393 e. The standard InChI is InChI=1S/C34H49F7O3/c1-22-24(19-26(42)20-28(22)35)11-10-23-9-6-17-31(5)25(12-13-27(23)31)21-30(4,15-7-14-29(2,3)43)16-8-18-32(44,33(36,37)38)34(39,40)41/h8,10-11,18,25-28,42-44H,1,6-7,9,12-17,19-21H2,2-5H3/b18-8+,23-10+,24-11-/t25?,26-,27?,28+,30+,31-/m1/s1. The number of halogens is 7. The summed E-state index contributed by atoms with van der Waals surface area (Å²) < 4.78 is 94.1. The topological polar surface area (TPSA) is 60.7 Å². The van der Waals surface area contributed by atoms with Gasteiger partial charge in [0.05, 0.1) is 11.7 Å². The summed E-state index contributed by atoms with van der Waals surface area (Å²) in [6.45, 7) is 11.3. The van der Waals surface area contributed by atoms with E-state index in [1.54, 1.807) is 13.8 Å². The molecule has 6 atom stereocenters. The molecule has 3 N–H and O–H groups in total. The van der Waals surface area contributed by atoms with Crippen molar-refractivity contribution >= 4 is 0 Å². The van der Waals surface area contributed by atoms with Crippen molar-refractivity contribution in [1.29, 1.82) is 0 Å². The van der Waals surface area contributed by atoms with E-state index in [9.17, 15) is 46.1 Å². The molecule has 252 valence electrons. The summed E-state index contributed by atoms with van der Waals surface area (Å²) >= 11 is 0. The molecule has 0 radical (unpaired) electrons. The summed E-state index contributed by atoms with van der Waals surface area (Å²) in [5.41, 5.74) is -4.36. The number of alkyl halides is 7. The van der Waals surface area contributed by atoms with Crippen LogP contribution in [0.3, 0.4) is 0 Å². The molecule has 0 spiro atoms. The van der Waals surface area contributed by atoms with Crippen LogP contribution in [0.4, 0.5) is 30.7 Å². The SMILES string of the molecule is C=C1/C(=C\C=C2/CCC[C@]3(C)C(C[C@](C)(C/C=C/C(O)(C(F)(F)F)C(F)(F)F)CCCC(C)(C)O)CCC23)C[C@@H](O)C[C@@H]1F. The fraction of sp³-hybridized carbons (Fsp3) is 0.765. The van der Waals surface area contributed by atoms with Gasteiger partial charge in [0.1, 0.15) is 6.17 Å². The predicted octanol–water partition coefficient (Wildman–Crippen LogP) is 9.24. The number of aliphatic hydroxyl groups is 3. The molecule has 3 fully saturated rings. The number of hydrogen-bond donors (Lipinski definition) is 3. The van der Waals surface area contributed by atoms with Crippen molar-refractivity contribution in [2.75, 3.05) is 0 Å². The molecule has 3 nitrogen and oxygen atoms in total. The Morgan fingerprint density at radius 3 is 2.20 bits per heavy atom. The van der Waals surface area contributed by atoms with E-state index >= 15 is 0 Å². The first-order valence-corrected chi connectivity index (χ1v) is 15.7. The maximum atomic E-state index is 14.3. The maximum absolute atomic E-state index is 14.3. The fourth-order valence-electron chi connectivity index (χ4n) is 7.81. The molecule has 0 saturated heterocycles. The Morgan fingerprint density at radius 2 is 1.61 bits per heavy atom. The molecule has 2 unspecified atom stereocenters. The molecule has 0 aromatic rings. The van der Waals surface area contributed by atoms with E-state index in [4.69, 9.17) is 0 Å². The second kappa shape index (κ2) is 13.2. The van der Waals surface area contributed by atoms with E-state index in [0.29, 0.717) is 43.3 Å². The van der Waals surface area contributed by atoms with Crippen LogP contribution in [0.25, 0.3) is 0 Å². The van der Waals surface area contributed by atoms with Crippen LogP contribution in [0.2, 0.25) is 0 Å². The highest BCUT2D eigenvalue weighted by Gasteiger charge is 2.69. The quantitative estimate of drug-likeness (QED) is 0.165. The van der Waals surface area contributed by atoms with E-state index in [1.807, 2.05) is 19.1 Å². The minimum Gasteiger partial charge on any atom is -0.393 e. The molecule has 0 bridgehead atoms. The van der Waals surface area contributed by atoms with Crippen LogP contribution in [0, 0.1) is 22.7 Å². The second-order valence-corrected chi connectivity index (χ2v) is 14.8. The fourth-order valence-corrected chi connectivity index (χ4v) is 7.81. The molecule has 0 aromatic carbocycles. The number of rotatable bonds is 10. The summed E-state index contributed by atoms with van der Waals surface area (Å²) in [7, 11) is 0. The van der Waals surface area contributed by atoms with Gasteiger partial charge in [-0.1, -0.05) is 50.6 Å². The minimum absolute atomic E-state index is 0.0462. The zero-order chi connectivity index (χ0) is 33.4. The molecule has 44 heavy (non-hydrogen) atoms. The lowest BCUT2D eigenvalue weighted by Gasteiger charge is -2.45. The first-order valence-electron chi connectivity index (χ1n) is 15.7. The lowest BCUT2D eigenvalue weighted by molar-refractivity contribution is -0.347. The van der Waals surface area contributed by atoms with Gasteiger partial charge in [-0.15, -0.1) is 0 Å². The van der Waals surface area contributed by atoms with Gasteiger partial charge in [0, 0.05) is 6.42 Å². The summed E-state index contributed by atoms with van der Waals surface area (Å²) in [6, 6.07) is 0. The van der Waals surface area contributed by atoms with Crippen LogP contribution in [0.1, 0.15) is 105 Å². The summed E-state index contributed by atoms with van der Waals surface area (Å²) in [5, 5.41) is 29.9. The van der Waals surface area contributed by atoms with Crippen LogP contribution >= 0.6 is 0 Å². The minimum atomic E-state index is -5.92. The predicted molar refractivity (Wildman–Crippen MR) is 157 cm³/mol. The van der Waals surface area contributed by atoms with Gasteiger partial charge in [0.15, 0.2) is 0 Å². The van der Waals surface area contributed by atoms with Gasteiger partial charge in [-0.25, -0.2) is 4.39 Å². The monoisotopic (exact) mass is 638 g/mol. The largest absolute Gasteiger partial charge is 0.429 e. The van der Waals surface area contributed by atoms with Gasteiger partial charge < -0.3 is 15.3 Å². The molecule has 3 aliphatic rings. The van der Waals surface area contributed by atoms with E-state index < -0.39 is 41.2 Å². The molecule has 0 amide bonds. The van der Waals surface area contributed by atoms with Crippen LogP contribution in [0.5, 0.6) is 0 Å². The molecular weight excluding hydrogens is 589 g/mol. The lowest BCUT2D eigenvalue weighted by atomic mass is 9.60. The highest BCUT2D eigenvalue weighted by atomic mass is 19.4. The molecule has 0 aliphatic heterocycles. The van der Waals surface area contributed by atoms with Gasteiger partial charge in [0.2, 0.25) is 0 Å². The van der Waals surface area contributed by atoms with Crippen molar-refractivity contribution in [2.45, 2.75) is 141 Å². The molecule has 0 heterocycles. The number of aliphatic hydroxyl groups excluding tert-OH is 1. The molecule has 10 heteroatoms. The second-order valence-electron chi connectivity index (χ2n) is 14.8. The van der Waals surface area contributed by atoms with Gasteiger partial charge in [0.25, 0.3) is 5.60 Å². The molecule has 3 aliphatic carbocycles. The number of allylic oxidation sites excluding steroid dienone is 5. The Hall–Kier alpha value is -1.65. The van der Waals surface area contributed by atoms with Crippen LogP contribution in [-0.4, -0.2) is 51.1 Å². The molecule has 3 saturated carbocycles. The van der Waals surface area contributed by atoms with E-state index in [0.717, 1.165) is 38.2 Å². The first-order chi connectivity index (χ1) is 20.0. The van der Waals surface area contributed by atoms with Crippen LogP contribution in [-0.2, 0) is 0 Å². The highest BCUT2D eigenvalue weighted by Crippen LogP contribution is 2.60. The van der Waals surface area contributed by atoms with E-state index in [1.165, 1.54) is 5.57 Å². The number of hydrogen-bond acceptors (Lipinski definition) is 3. The van der Waals surface area contributed by atoms with Crippen LogP contribution in [0.15, 0.2) is 47.6 Å². The Balaban J connectivity index is 1.85. The van der Waals surface area contributed by atoms with Crippen LogP contribution < -0.4 is 0 Å². The van der Waals surface area contributed by atoms with Crippen molar-refractivity contribution in [1.82, 2.24) is 0 Å². The van der Waals surface area contributed by atoms with Crippen molar-refractivity contribution in [3.63, 3.8) is 0 Å². The summed E-state index contributed by atoms with van der Waals surface area (Å²) in [4.78, 5) is 0. The third kappa shape index (κ3) is 8.38. The Morgan fingerprint density at radius 1 is 0.977 bits per heavy atom. The van der Waals surface area contributed by atoms with E-state index in [-0.39, 0.29) is 36.2 Å². The normalized spacial score (nSPS) is 32.5. The molecule has 0 aromatic heterocycles. The molecular formula is C34H49F7O3. The summed E-state index contributed by atoms with van der Waals surface area (Å²) in [6.07, 6.45) is -2.48. The van der Waals surface area contributed by atoms with Gasteiger partial charge in [-0.2, -0.15) is 26.3 Å². The van der Waals surface area contributed by atoms with Gasteiger partial charge in [-0.05, 0) is 118 Å². The van der Waals surface area contributed by atoms with Gasteiger partial charge in [-0.3, -0.25) is 0 Å². The van der Waals surface area contributed by atoms with Crippen molar-refractivity contribution in [3.05, 3.63) is 47.6 Å². The maximum Gasteiger partial charge on any atom is 0.429 e. The number of fused-ring (bicyclic) bond motifs is 1. The van der Waals surface area contributed by atoms with Crippen molar-refractivity contribution in [2.24, 2.45) is 22.7 Å². The zero-order valence-electron chi connectivity index (χ0n) is 26.3. The van der Waals surface area contributed by atoms with Crippen molar-refractivity contribution in [3.8, 4) is 0 Å². The summed E-state index contributed by atoms with van der Waals surface area (Å²) in [5.74, 6) is 0.396. The van der Waals surface area contributed by atoms with Crippen molar-refractivity contribution < 1.29 is 46.1 Å². The zero-order valence-corrected chi connectivity index (χ0v) is 26.3. The third-order valence-corrected chi connectivity index (χ3v) is 10.5. The third-order valence-electron chi connectivity index (χ3n) is 10.5. The molecule has 3 rings (SSSR count). The first kappa shape index (κ1) is 36.8. The van der Waals surface area contributed by atoms with E-state index in [2.05, 4.69) is 13.5 Å². The average molecular weight is 639 g/mol. The van der Waals surface area contributed by atoms with Gasteiger partial charge >= 0.3 is 12.4 Å². The lowest BCUT2D eigenvalue weighted by Crippen LogP contribution is -2.55.